The third-order valence-corrected chi connectivity index (χ3v) is 3.40. The summed E-state index contributed by atoms with van der Waals surface area (Å²) < 4.78 is 5.45. The summed E-state index contributed by atoms with van der Waals surface area (Å²) in [5.41, 5.74) is 0. The number of likely N-dealkylation sites (tertiary alicyclic amines) is 1. The number of hydrogen-bond donors (Lipinski definition) is 0. The Morgan fingerprint density at radius 1 is 1.30 bits per heavy atom. The van der Waals surface area contributed by atoms with Crippen LogP contribution in [0.2, 0.25) is 0 Å². The van der Waals surface area contributed by atoms with Gasteiger partial charge >= 0.3 is 0 Å². The summed E-state index contributed by atoms with van der Waals surface area (Å²) in [7, 11) is 3.42. The summed E-state index contributed by atoms with van der Waals surface area (Å²) in [6, 6.07) is 8.87. The summed E-state index contributed by atoms with van der Waals surface area (Å²) in [4.78, 5) is 27.4. The van der Waals surface area contributed by atoms with Crippen LogP contribution in [0.1, 0.15) is 12.8 Å². The molecular formula is C15H20N2O3. The lowest BCUT2D eigenvalue weighted by molar-refractivity contribution is -0.143. The first-order valence-corrected chi connectivity index (χ1v) is 6.78. The van der Waals surface area contributed by atoms with Gasteiger partial charge in [0, 0.05) is 20.6 Å². The van der Waals surface area contributed by atoms with E-state index >= 15 is 0 Å². The van der Waals surface area contributed by atoms with Crippen molar-refractivity contribution in [1.82, 2.24) is 9.80 Å². The zero-order valence-corrected chi connectivity index (χ0v) is 11.9. The lowest BCUT2D eigenvalue weighted by atomic mass is 10.2. The van der Waals surface area contributed by atoms with Crippen molar-refractivity contribution in [3.05, 3.63) is 30.3 Å². The van der Waals surface area contributed by atoms with Gasteiger partial charge in [-0.05, 0) is 25.0 Å². The first-order chi connectivity index (χ1) is 9.59. The quantitative estimate of drug-likeness (QED) is 0.828. The van der Waals surface area contributed by atoms with E-state index in [1.165, 1.54) is 4.90 Å². The number of rotatable bonds is 4. The van der Waals surface area contributed by atoms with E-state index in [-0.39, 0.29) is 24.5 Å². The molecule has 0 spiro atoms. The fourth-order valence-electron chi connectivity index (χ4n) is 2.36. The fourth-order valence-corrected chi connectivity index (χ4v) is 2.36. The second-order valence-electron chi connectivity index (χ2n) is 5.08. The molecule has 2 rings (SSSR count). The monoisotopic (exact) mass is 276 g/mol. The molecule has 1 aliphatic heterocycles. The molecule has 1 atom stereocenters. The smallest absolute Gasteiger partial charge is 0.261 e. The predicted molar refractivity (Wildman–Crippen MR) is 75.4 cm³/mol. The summed E-state index contributed by atoms with van der Waals surface area (Å²) in [6.45, 7) is 0.600. The minimum absolute atomic E-state index is 0.0180. The van der Waals surface area contributed by atoms with Crippen LogP contribution in [0.3, 0.4) is 0 Å². The van der Waals surface area contributed by atoms with Crippen LogP contribution in [-0.4, -0.2) is 54.9 Å². The maximum Gasteiger partial charge on any atom is 0.261 e. The van der Waals surface area contributed by atoms with Gasteiger partial charge in [0.05, 0.1) is 0 Å². The van der Waals surface area contributed by atoms with Crippen LogP contribution >= 0.6 is 0 Å². The number of para-hydroxylation sites is 1. The van der Waals surface area contributed by atoms with Gasteiger partial charge in [-0.2, -0.15) is 0 Å². The average molecular weight is 276 g/mol. The molecule has 0 bridgehead atoms. The standard InChI is InChI=1S/C15H20N2O3/c1-16(2)15(19)13-9-6-10-17(13)14(18)11-20-12-7-4-3-5-8-12/h3-5,7-8,13H,6,9-11H2,1-2H3. The Labute approximate surface area is 119 Å². The Morgan fingerprint density at radius 2 is 2.00 bits per heavy atom. The number of carbonyl (C=O) groups is 2. The third-order valence-electron chi connectivity index (χ3n) is 3.40. The zero-order valence-electron chi connectivity index (χ0n) is 11.9. The van der Waals surface area contributed by atoms with Crippen LogP contribution in [0, 0.1) is 0 Å². The van der Waals surface area contributed by atoms with E-state index < -0.39 is 0 Å². The van der Waals surface area contributed by atoms with E-state index in [4.69, 9.17) is 4.74 Å². The summed E-state index contributed by atoms with van der Waals surface area (Å²) in [6.07, 6.45) is 1.59. The summed E-state index contributed by atoms with van der Waals surface area (Å²) in [5.74, 6) is 0.512. The van der Waals surface area contributed by atoms with Gasteiger partial charge in [-0.1, -0.05) is 18.2 Å². The highest BCUT2D eigenvalue weighted by Crippen LogP contribution is 2.19. The van der Waals surface area contributed by atoms with Crippen LogP contribution in [-0.2, 0) is 9.59 Å². The number of likely N-dealkylation sites (N-methyl/N-ethyl adjacent to an activating group) is 1. The zero-order chi connectivity index (χ0) is 14.5. The minimum atomic E-state index is -0.336. The maximum atomic E-state index is 12.2. The highest BCUT2D eigenvalue weighted by molar-refractivity contribution is 5.88. The summed E-state index contributed by atoms with van der Waals surface area (Å²) >= 11 is 0. The van der Waals surface area contributed by atoms with Crippen molar-refractivity contribution in [2.75, 3.05) is 27.2 Å². The van der Waals surface area contributed by atoms with E-state index in [9.17, 15) is 9.59 Å². The Morgan fingerprint density at radius 3 is 2.65 bits per heavy atom. The molecule has 1 aromatic carbocycles. The second kappa shape index (κ2) is 6.41. The normalized spacial score (nSPS) is 17.9. The van der Waals surface area contributed by atoms with Crippen LogP contribution in [0.25, 0.3) is 0 Å². The van der Waals surface area contributed by atoms with E-state index in [1.54, 1.807) is 31.1 Å². The van der Waals surface area contributed by atoms with Crippen LogP contribution in [0.15, 0.2) is 30.3 Å². The van der Waals surface area contributed by atoms with Crippen LogP contribution < -0.4 is 4.74 Å². The van der Waals surface area contributed by atoms with Crippen molar-refractivity contribution in [3.8, 4) is 5.75 Å². The van der Waals surface area contributed by atoms with E-state index in [0.717, 1.165) is 12.8 Å². The van der Waals surface area contributed by atoms with Crippen molar-refractivity contribution in [2.45, 2.75) is 18.9 Å². The molecule has 1 aromatic rings. The van der Waals surface area contributed by atoms with Gasteiger partial charge in [-0.25, -0.2) is 0 Å². The number of benzene rings is 1. The maximum absolute atomic E-state index is 12.2. The van der Waals surface area contributed by atoms with Gasteiger partial charge in [0.1, 0.15) is 11.8 Å². The lowest BCUT2D eigenvalue weighted by Crippen LogP contribution is -2.46. The molecule has 0 radical (unpaired) electrons. The minimum Gasteiger partial charge on any atom is -0.484 e. The van der Waals surface area contributed by atoms with Crippen molar-refractivity contribution in [3.63, 3.8) is 0 Å². The van der Waals surface area contributed by atoms with Gasteiger partial charge < -0.3 is 14.5 Å². The molecule has 0 N–H and O–H groups in total. The van der Waals surface area contributed by atoms with E-state index in [2.05, 4.69) is 0 Å². The third kappa shape index (κ3) is 3.29. The number of hydrogen-bond acceptors (Lipinski definition) is 3. The van der Waals surface area contributed by atoms with Crippen molar-refractivity contribution in [1.29, 1.82) is 0 Å². The first-order valence-electron chi connectivity index (χ1n) is 6.78. The molecule has 5 nitrogen and oxygen atoms in total. The van der Waals surface area contributed by atoms with Crippen molar-refractivity contribution < 1.29 is 14.3 Å². The molecule has 0 aromatic heterocycles. The first kappa shape index (κ1) is 14.4. The highest BCUT2D eigenvalue weighted by Gasteiger charge is 2.34. The molecule has 108 valence electrons. The molecule has 20 heavy (non-hydrogen) atoms. The number of ether oxygens (including phenoxy) is 1. The van der Waals surface area contributed by atoms with Crippen LogP contribution in [0.4, 0.5) is 0 Å². The number of nitrogens with zero attached hydrogens (tertiary/aromatic N) is 2. The number of amides is 2. The Kier molecular flexibility index (Phi) is 4.61. The largest absolute Gasteiger partial charge is 0.484 e. The molecule has 0 aliphatic carbocycles. The molecule has 1 aliphatic rings. The molecular weight excluding hydrogens is 256 g/mol. The average Bonchev–Trinajstić information content (AvgIpc) is 2.94. The second-order valence-corrected chi connectivity index (χ2v) is 5.08. The van der Waals surface area contributed by atoms with Crippen molar-refractivity contribution >= 4 is 11.8 Å². The summed E-state index contributed by atoms with van der Waals surface area (Å²) in [5, 5.41) is 0. The molecule has 1 fully saturated rings. The molecule has 1 heterocycles. The topological polar surface area (TPSA) is 49.9 Å². The Hall–Kier alpha value is -2.04. The molecule has 0 saturated carbocycles. The Bertz CT molecular complexity index is 473. The fraction of sp³-hybridized carbons (Fsp3) is 0.467. The van der Waals surface area contributed by atoms with Gasteiger partial charge in [-0.15, -0.1) is 0 Å². The van der Waals surface area contributed by atoms with Gasteiger partial charge in [0.2, 0.25) is 5.91 Å². The molecule has 1 unspecified atom stereocenters. The number of carbonyl (C=O) groups excluding carboxylic acids is 2. The predicted octanol–water partition coefficient (Wildman–Crippen LogP) is 1.14. The van der Waals surface area contributed by atoms with E-state index in [0.29, 0.717) is 12.3 Å². The van der Waals surface area contributed by atoms with Gasteiger partial charge in [0.15, 0.2) is 6.61 Å². The van der Waals surface area contributed by atoms with E-state index in [1.807, 2.05) is 18.2 Å². The molecule has 5 heteroatoms. The highest BCUT2D eigenvalue weighted by atomic mass is 16.5. The Balaban J connectivity index is 1.93. The van der Waals surface area contributed by atoms with Gasteiger partial charge in [0.25, 0.3) is 5.91 Å². The SMILES string of the molecule is CN(C)C(=O)C1CCCN1C(=O)COc1ccccc1. The molecule has 1 saturated heterocycles. The van der Waals surface area contributed by atoms with Crippen LogP contribution in [0.5, 0.6) is 5.75 Å². The molecule has 2 amide bonds. The van der Waals surface area contributed by atoms with Gasteiger partial charge in [-0.3, -0.25) is 9.59 Å². The lowest BCUT2D eigenvalue weighted by Gasteiger charge is -2.26. The van der Waals surface area contributed by atoms with Crippen molar-refractivity contribution in [2.24, 2.45) is 0 Å².